The van der Waals surface area contributed by atoms with E-state index in [-0.39, 0.29) is 48.0 Å². The van der Waals surface area contributed by atoms with Gasteiger partial charge in [-0.2, -0.15) is 0 Å². The Kier molecular flexibility index (Phi) is 22.8. The van der Waals surface area contributed by atoms with E-state index in [1.807, 2.05) is 0 Å². The first-order valence-corrected chi connectivity index (χ1v) is 14.1. The van der Waals surface area contributed by atoms with Gasteiger partial charge < -0.3 is 56.9 Å². The maximum absolute atomic E-state index is 2.56. The predicted octanol–water partition coefficient (Wildman–Crippen LogP) is 1.96. The highest BCUT2D eigenvalue weighted by atomic mass is 127. The molecule has 2 nitrogen and oxygen atoms in total. The van der Waals surface area contributed by atoms with Gasteiger partial charge in [0.25, 0.3) is 0 Å². The van der Waals surface area contributed by atoms with E-state index in [1.54, 1.807) is 0 Å². The summed E-state index contributed by atoms with van der Waals surface area (Å²) in [5.74, 6) is 0. The third-order valence-electron chi connectivity index (χ3n) is 8.54. The topological polar surface area (TPSA) is 0 Å². The third-order valence-corrected chi connectivity index (χ3v) is 8.54. The molecule has 0 saturated carbocycles. The van der Waals surface area contributed by atoms with Crippen LogP contribution in [0.2, 0.25) is 0 Å². The Labute approximate surface area is 238 Å². The van der Waals surface area contributed by atoms with Crippen LogP contribution in [-0.4, -0.2) is 61.3 Å². The van der Waals surface area contributed by atoms with Gasteiger partial charge in [0.15, 0.2) is 0 Å². The minimum Gasteiger partial charge on any atom is -1.00 e. The van der Waals surface area contributed by atoms with Crippen molar-refractivity contribution in [1.29, 1.82) is 0 Å². The SMILES string of the molecule is CCCCCCCCCC[N+]1(C)C[C@H](C)[N+](C)(CCCCCCCCCC)C[C@H]1C.[I-].[I-]. The summed E-state index contributed by atoms with van der Waals surface area (Å²) in [5, 5.41) is 0. The van der Waals surface area contributed by atoms with Gasteiger partial charge in [-0.1, -0.05) is 90.9 Å². The van der Waals surface area contributed by atoms with Crippen molar-refractivity contribution < 1.29 is 56.9 Å². The summed E-state index contributed by atoms with van der Waals surface area (Å²) >= 11 is 0. The summed E-state index contributed by atoms with van der Waals surface area (Å²) in [6.45, 7) is 15.3. The van der Waals surface area contributed by atoms with E-state index < -0.39 is 0 Å². The maximum atomic E-state index is 2.56. The lowest BCUT2D eigenvalue weighted by molar-refractivity contribution is -1.05. The first-order valence-electron chi connectivity index (χ1n) is 14.1. The molecular weight excluding hydrogens is 618 g/mol. The minimum absolute atomic E-state index is 0. The van der Waals surface area contributed by atoms with E-state index >= 15 is 0 Å². The van der Waals surface area contributed by atoms with Crippen molar-refractivity contribution in [2.75, 3.05) is 40.3 Å². The van der Waals surface area contributed by atoms with Gasteiger partial charge in [-0.3, -0.25) is 0 Å². The largest absolute Gasteiger partial charge is 1.00 e. The molecule has 0 spiro atoms. The molecule has 1 aliphatic heterocycles. The van der Waals surface area contributed by atoms with E-state index in [2.05, 4.69) is 41.8 Å². The van der Waals surface area contributed by atoms with Crippen LogP contribution in [0.15, 0.2) is 0 Å². The normalized spacial score (nSPS) is 27.6. The quantitative estimate of drug-likeness (QED) is 0.118. The molecule has 0 aromatic heterocycles. The van der Waals surface area contributed by atoms with Crippen molar-refractivity contribution in [2.24, 2.45) is 0 Å². The second kappa shape index (κ2) is 20.6. The summed E-state index contributed by atoms with van der Waals surface area (Å²) in [4.78, 5) is 0. The van der Waals surface area contributed by atoms with E-state index in [0.717, 1.165) is 12.1 Å². The highest BCUT2D eigenvalue weighted by Crippen LogP contribution is 2.28. The molecule has 1 aliphatic rings. The molecule has 32 heavy (non-hydrogen) atoms. The molecule has 4 heteroatoms. The number of hydrogen-bond donors (Lipinski definition) is 0. The average molecular weight is 679 g/mol. The molecule has 1 saturated heterocycles. The van der Waals surface area contributed by atoms with Crippen molar-refractivity contribution in [1.82, 2.24) is 0 Å². The van der Waals surface area contributed by atoms with Crippen molar-refractivity contribution in [3.05, 3.63) is 0 Å². The summed E-state index contributed by atoms with van der Waals surface area (Å²) in [6, 6.07) is 1.62. The highest BCUT2D eigenvalue weighted by Gasteiger charge is 2.46. The van der Waals surface area contributed by atoms with Crippen molar-refractivity contribution in [3.8, 4) is 0 Å². The monoisotopic (exact) mass is 678 g/mol. The molecule has 1 fully saturated rings. The lowest BCUT2D eigenvalue weighted by atomic mass is 9.99. The van der Waals surface area contributed by atoms with Gasteiger partial charge in [-0.05, 0) is 39.5 Å². The van der Waals surface area contributed by atoms with Crippen LogP contribution in [0.4, 0.5) is 0 Å². The van der Waals surface area contributed by atoms with E-state index in [9.17, 15) is 0 Å². The Bertz CT molecular complexity index is 382. The summed E-state index contributed by atoms with van der Waals surface area (Å²) < 4.78 is 2.64. The highest BCUT2D eigenvalue weighted by molar-refractivity contribution is 4.66. The number of piperazine rings is 1. The Balaban J connectivity index is 0. The Morgan fingerprint density at radius 1 is 0.469 bits per heavy atom. The smallest absolute Gasteiger partial charge is 0.136 e. The zero-order valence-electron chi connectivity index (χ0n) is 22.9. The molecule has 4 atom stereocenters. The van der Waals surface area contributed by atoms with Crippen LogP contribution in [0, 0.1) is 0 Å². The standard InChI is InChI=1S/C28H60N2.2HI/c1-7-9-11-13-15-17-19-21-23-29(5)25-28(4)30(6,26-27(29)3)24-22-20-18-16-14-12-10-8-2;;/h27-28H,7-26H2,1-6H3;2*1H/q+2;;/p-2/t27-,28+,29?,30?;;. The van der Waals surface area contributed by atoms with Crippen LogP contribution in [-0.2, 0) is 0 Å². The minimum atomic E-state index is 0. The summed E-state index contributed by atoms with van der Waals surface area (Å²) in [5.41, 5.74) is 0. The van der Waals surface area contributed by atoms with Crippen molar-refractivity contribution in [3.63, 3.8) is 0 Å². The Morgan fingerprint density at radius 2 is 0.719 bits per heavy atom. The van der Waals surface area contributed by atoms with Crippen LogP contribution in [0.1, 0.15) is 130 Å². The number of nitrogens with zero attached hydrogens (tertiary/aromatic N) is 2. The predicted molar refractivity (Wildman–Crippen MR) is 136 cm³/mol. The summed E-state index contributed by atoms with van der Waals surface area (Å²) in [7, 11) is 5.12. The van der Waals surface area contributed by atoms with Gasteiger partial charge in [0.2, 0.25) is 0 Å². The zero-order valence-corrected chi connectivity index (χ0v) is 27.3. The number of rotatable bonds is 18. The van der Waals surface area contributed by atoms with Crippen LogP contribution in [0.25, 0.3) is 0 Å². The van der Waals surface area contributed by atoms with Gasteiger partial charge in [0.1, 0.15) is 25.2 Å². The molecule has 0 bridgehead atoms. The van der Waals surface area contributed by atoms with Gasteiger partial charge in [0.05, 0.1) is 27.2 Å². The number of unbranched alkanes of at least 4 members (excludes halogenated alkanes) is 14. The second-order valence-corrected chi connectivity index (χ2v) is 11.4. The van der Waals surface area contributed by atoms with Gasteiger partial charge in [0, 0.05) is 0 Å². The molecule has 0 amide bonds. The first kappa shape index (κ1) is 35.5. The number of quaternary nitrogens is 2. The van der Waals surface area contributed by atoms with Crippen molar-refractivity contribution in [2.45, 2.75) is 143 Å². The molecule has 0 N–H and O–H groups in total. The maximum Gasteiger partial charge on any atom is 0.136 e. The number of hydrogen-bond acceptors (Lipinski definition) is 0. The Hall–Kier alpha value is 1.38. The van der Waals surface area contributed by atoms with Gasteiger partial charge in [-0.25, -0.2) is 0 Å². The van der Waals surface area contributed by atoms with Crippen LogP contribution >= 0.6 is 0 Å². The molecule has 1 rings (SSSR count). The fourth-order valence-electron chi connectivity index (χ4n) is 5.80. The average Bonchev–Trinajstić information content (AvgIpc) is 2.71. The molecule has 0 aromatic rings. The van der Waals surface area contributed by atoms with Crippen LogP contribution < -0.4 is 48.0 Å². The van der Waals surface area contributed by atoms with Gasteiger partial charge >= 0.3 is 0 Å². The van der Waals surface area contributed by atoms with Gasteiger partial charge in [-0.15, -0.1) is 0 Å². The lowest BCUT2D eigenvalue weighted by Crippen LogP contribution is -3.00. The molecule has 0 aliphatic carbocycles. The van der Waals surface area contributed by atoms with Crippen molar-refractivity contribution >= 4 is 0 Å². The fourth-order valence-corrected chi connectivity index (χ4v) is 5.80. The number of likely N-dealkylation sites (N-methyl/N-ethyl adjacent to an activating group) is 2. The molecule has 0 aromatic carbocycles. The first-order chi connectivity index (χ1) is 14.4. The second-order valence-electron chi connectivity index (χ2n) is 11.4. The fraction of sp³-hybridized carbons (Fsp3) is 1.00. The molecule has 0 radical (unpaired) electrons. The lowest BCUT2D eigenvalue weighted by Gasteiger charge is -2.54. The Morgan fingerprint density at radius 3 is 1.00 bits per heavy atom. The zero-order chi connectivity index (χ0) is 22.3. The molecular formula is C28H60I2N2. The van der Waals surface area contributed by atoms with Crippen LogP contribution in [0.3, 0.4) is 0 Å². The third kappa shape index (κ3) is 14.1. The van der Waals surface area contributed by atoms with Crippen LogP contribution in [0.5, 0.6) is 0 Å². The van der Waals surface area contributed by atoms with E-state index in [0.29, 0.717) is 0 Å². The molecule has 1 heterocycles. The molecule has 196 valence electrons. The number of halogens is 2. The molecule has 2 unspecified atom stereocenters. The van der Waals surface area contributed by atoms with E-state index in [1.165, 1.54) is 138 Å². The van der Waals surface area contributed by atoms with E-state index in [4.69, 9.17) is 0 Å². The summed E-state index contributed by atoms with van der Waals surface area (Å²) in [6.07, 6.45) is 23.0.